The fraction of sp³-hybridized carbons (Fsp3) is 1.00. The summed E-state index contributed by atoms with van der Waals surface area (Å²) in [5.74, 6) is 1.56. The summed E-state index contributed by atoms with van der Waals surface area (Å²) in [5.41, 5.74) is 0.241. The molecule has 0 heterocycles. The van der Waals surface area contributed by atoms with Crippen LogP contribution < -0.4 is 0 Å². The Morgan fingerprint density at radius 1 is 1.14 bits per heavy atom. The topological polar surface area (TPSA) is 18.5 Å². The highest BCUT2D eigenvalue weighted by atomic mass is 16.5. The zero-order valence-corrected chi connectivity index (χ0v) is 10.0. The van der Waals surface area contributed by atoms with Gasteiger partial charge in [0, 0.05) is 19.6 Å². The van der Waals surface area contributed by atoms with Crippen molar-refractivity contribution in [3.63, 3.8) is 0 Å². The number of hydrogen-bond acceptors (Lipinski definition) is 2. The second-order valence-electron chi connectivity index (χ2n) is 5.03. The number of methoxy groups -OCH3 is 2. The molecule has 1 aliphatic rings. The van der Waals surface area contributed by atoms with Crippen LogP contribution in [-0.2, 0) is 9.47 Å². The molecule has 1 saturated carbocycles. The van der Waals surface area contributed by atoms with Gasteiger partial charge in [0.2, 0.25) is 0 Å². The molecular weight excluding hydrogens is 176 g/mol. The van der Waals surface area contributed by atoms with Crippen molar-refractivity contribution >= 4 is 0 Å². The van der Waals surface area contributed by atoms with E-state index < -0.39 is 0 Å². The minimum atomic E-state index is 0.241. The maximum atomic E-state index is 5.37. The highest BCUT2D eigenvalue weighted by Gasteiger charge is 2.39. The molecule has 0 aromatic rings. The van der Waals surface area contributed by atoms with E-state index in [1.54, 1.807) is 14.2 Å². The summed E-state index contributed by atoms with van der Waals surface area (Å²) in [6.07, 6.45) is 4.08. The molecule has 0 bridgehead atoms. The third kappa shape index (κ3) is 2.96. The normalized spacial score (nSPS) is 17.8. The predicted octanol–water partition coefficient (Wildman–Crippen LogP) is 2.72. The Labute approximate surface area is 88.0 Å². The monoisotopic (exact) mass is 200 g/mol. The molecule has 1 aliphatic carbocycles. The average molecular weight is 200 g/mol. The van der Waals surface area contributed by atoms with Gasteiger partial charge < -0.3 is 9.47 Å². The van der Waals surface area contributed by atoms with E-state index in [-0.39, 0.29) is 5.41 Å². The van der Waals surface area contributed by atoms with Crippen molar-refractivity contribution in [2.45, 2.75) is 33.1 Å². The van der Waals surface area contributed by atoms with Crippen molar-refractivity contribution in [3.8, 4) is 0 Å². The first-order valence-corrected chi connectivity index (χ1v) is 5.62. The summed E-state index contributed by atoms with van der Waals surface area (Å²) in [6.45, 7) is 6.21. The summed E-state index contributed by atoms with van der Waals surface area (Å²) in [6, 6.07) is 0. The Kier molecular flexibility index (Phi) is 4.39. The summed E-state index contributed by atoms with van der Waals surface area (Å²) >= 11 is 0. The van der Waals surface area contributed by atoms with Gasteiger partial charge in [0.25, 0.3) is 0 Å². The van der Waals surface area contributed by atoms with Crippen LogP contribution in [0.1, 0.15) is 33.1 Å². The Hall–Kier alpha value is -0.0800. The van der Waals surface area contributed by atoms with Gasteiger partial charge in [-0.05, 0) is 18.3 Å². The highest BCUT2D eigenvalue weighted by Crippen LogP contribution is 2.44. The Morgan fingerprint density at radius 3 is 1.93 bits per heavy atom. The SMILES string of the molecule is COCC(COC)(CC1CC1)C(C)C. The van der Waals surface area contributed by atoms with Gasteiger partial charge in [0.15, 0.2) is 0 Å². The van der Waals surface area contributed by atoms with Crippen molar-refractivity contribution in [1.82, 2.24) is 0 Å². The molecule has 0 aromatic carbocycles. The Morgan fingerprint density at radius 2 is 1.64 bits per heavy atom. The number of hydrogen-bond donors (Lipinski definition) is 0. The molecule has 2 nitrogen and oxygen atoms in total. The lowest BCUT2D eigenvalue weighted by Crippen LogP contribution is -2.37. The van der Waals surface area contributed by atoms with E-state index in [4.69, 9.17) is 9.47 Å². The van der Waals surface area contributed by atoms with Gasteiger partial charge >= 0.3 is 0 Å². The highest BCUT2D eigenvalue weighted by molar-refractivity contribution is 4.89. The van der Waals surface area contributed by atoms with Gasteiger partial charge in [-0.3, -0.25) is 0 Å². The average Bonchev–Trinajstić information content (AvgIpc) is 2.88. The standard InChI is InChI=1S/C12H24O2/c1-10(2)12(8-13-3,9-14-4)7-11-5-6-11/h10-11H,5-9H2,1-4H3. The summed E-state index contributed by atoms with van der Waals surface area (Å²) in [7, 11) is 3.58. The van der Waals surface area contributed by atoms with E-state index >= 15 is 0 Å². The van der Waals surface area contributed by atoms with Gasteiger partial charge in [-0.2, -0.15) is 0 Å². The maximum Gasteiger partial charge on any atom is 0.0543 e. The largest absolute Gasteiger partial charge is 0.384 e. The van der Waals surface area contributed by atoms with Crippen LogP contribution in [0, 0.1) is 17.3 Å². The Bertz CT molecular complexity index is 156. The lowest BCUT2D eigenvalue weighted by molar-refractivity contribution is -0.0296. The molecule has 84 valence electrons. The van der Waals surface area contributed by atoms with Crippen LogP contribution in [0.5, 0.6) is 0 Å². The lowest BCUT2D eigenvalue weighted by Gasteiger charge is -2.36. The third-order valence-electron chi connectivity index (χ3n) is 3.48. The van der Waals surface area contributed by atoms with Gasteiger partial charge in [0.05, 0.1) is 13.2 Å². The molecule has 0 amide bonds. The summed E-state index contributed by atoms with van der Waals surface area (Å²) in [5, 5.41) is 0. The van der Waals surface area contributed by atoms with E-state index in [1.807, 2.05) is 0 Å². The zero-order chi connectivity index (χ0) is 10.6. The molecule has 0 unspecified atom stereocenters. The molecule has 2 heteroatoms. The second-order valence-corrected chi connectivity index (χ2v) is 5.03. The quantitative estimate of drug-likeness (QED) is 0.629. The van der Waals surface area contributed by atoms with E-state index in [2.05, 4.69) is 13.8 Å². The van der Waals surface area contributed by atoms with Crippen molar-refractivity contribution in [3.05, 3.63) is 0 Å². The zero-order valence-electron chi connectivity index (χ0n) is 10.0. The smallest absolute Gasteiger partial charge is 0.0543 e. The first-order valence-electron chi connectivity index (χ1n) is 5.62. The van der Waals surface area contributed by atoms with Crippen molar-refractivity contribution in [2.75, 3.05) is 27.4 Å². The van der Waals surface area contributed by atoms with Crippen LogP contribution in [0.4, 0.5) is 0 Å². The van der Waals surface area contributed by atoms with Crippen molar-refractivity contribution in [2.24, 2.45) is 17.3 Å². The molecule has 1 fully saturated rings. The molecule has 14 heavy (non-hydrogen) atoms. The van der Waals surface area contributed by atoms with Crippen LogP contribution in [0.3, 0.4) is 0 Å². The fourth-order valence-electron chi connectivity index (χ4n) is 2.20. The van der Waals surface area contributed by atoms with Crippen molar-refractivity contribution in [1.29, 1.82) is 0 Å². The first kappa shape index (κ1) is 12.0. The number of rotatable bonds is 7. The molecule has 0 N–H and O–H groups in total. The minimum absolute atomic E-state index is 0.241. The van der Waals surface area contributed by atoms with Crippen LogP contribution in [0.15, 0.2) is 0 Å². The summed E-state index contributed by atoms with van der Waals surface area (Å²) in [4.78, 5) is 0. The van der Waals surface area contributed by atoms with Gasteiger partial charge in [-0.1, -0.05) is 26.7 Å². The molecule has 0 spiro atoms. The van der Waals surface area contributed by atoms with Gasteiger partial charge in [-0.25, -0.2) is 0 Å². The van der Waals surface area contributed by atoms with E-state index in [1.165, 1.54) is 19.3 Å². The lowest BCUT2D eigenvalue weighted by atomic mass is 9.74. The summed E-state index contributed by atoms with van der Waals surface area (Å²) < 4.78 is 10.7. The predicted molar refractivity (Wildman–Crippen MR) is 58.4 cm³/mol. The van der Waals surface area contributed by atoms with Gasteiger partial charge in [-0.15, -0.1) is 0 Å². The molecule has 1 rings (SSSR count). The molecule has 0 aromatic heterocycles. The minimum Gasteiger partial charge on any atom is -0.384 e. The Balaban J connectivity index is 2.59. The third-order valence-corrected chi connectivity index (χ3v) is 3.48. The van der Waals surface area contributed by atoms with E-state index in [0.29, 0.717) is 5.92 Å². The maximum absolute atomic E-state index is 5.37. The molecule has 0 saturated heterocycles. The first-order chi connectivity index (χ1) is 6.64. The number of ether oxygens (including phenoxy) is 2. The fourth-order valence-corrected chi connectivity index (χ4v) is 2.20. The van der Waals surface area contributed by atoms with E-state index in [9.17, 15) is 0 Å². The van der Waals surface area contributed by atoms with Crippen LogP contribution >= 0.6 is 0 Å². The van der Waals surface area contributed by atoms with Crippen LogP contribution in [-0.4, -0.2) is 27.4 Å². The molecule has 0 radical (unpaired) electrons. The van der Waals surface area contributed by atoms with Crippen molar-refractivity contribution < 1.29 is 9.47 Å². The molecule has 0 aliphatic heterocycles. The van der Waals surface area contributed by atoms with Gasteiger partial charge in [0.1, 0.15) is 0 Å². The second kappa shape index (κ2) is 5.13. The molecular formula is C12H24O2. The van der Waals surface area contributed by atoms with E-state index in [0.717, 1.165) is 19.1 Å². The van der Waals surface area contributed by atoms with Crippen LogP contribution in [0.2, 0.25) is 0 Å². The molecule has 0 atom stereocenters. The van der Waals surface area contributed by atoms with Crippen LogP contribution in [0.25, 0.3) is 0 Å².